The molecule has 1 heterocycles. The van der Waals surface area contributed by atoms with Crippen LogP contribution < -0.4 is 11.1 Å². The lowest BCUT2D eigenvalue weighted by Gasteiger charge is -2.17. The van der Waals surface area contributed by atoms with Crippen LogP contribution in [0.25, 0.3) is 21.8 Å². The molecule has 0 bridgehead atoms. The molecule has 2 aromatic carbocycles. The molecule has 0 unspecified atom stereocenters. The summed E-state index contributed by atoms with van der Waals surface area (Å²) in [6.07, 6.45) is 2.81. The van der Waals surface area contributed by atoms with Gasteiger partial charge in [-0.15, -0.1) is 0 Å². The van der Waals surface area contributed by atoms with E-state index in [0.29, 0.717) is 17.9 Å². The number of para-hydroxylation sites is 2. The van der Waals surface area contributed by atoms with Crippen LogP contribution in [-0.4, -0.2) is 22.8 Å². The predicted molar refractivity (Wildman–Crippen MR) is 97.0 cm³/mol. The van der Waals surface area contributed by atoms with Crippen LogP contribution >= 0.6 is 0 Å². The van der Waals surface area contributed by atoms with E-state index in [0.717, 1.165) is 34.6 Å². The van der Waals surface area contributed by atoms with Crippen LogP contribution in [0.15, 0.2) is 48.5 Å². The molecule has 1 fully saturated rings. The molecule has 0 radical (unpaired) electrons. The van der Waals surface area contributed by atoms with Gasteiger partial charge in [-0.3, -0.25) is 9.59 Å². The summed E-state index contributed by atoms with van der Waals surface area (Å²) in [5.74, 6) is -0.272. The summed E-state index contributed by atoms with van der Waals surface area (Å²) in [7, 11) is 0. The zero-order chi connectivity index (χ0) is 17.4. The van der Waals surface area contributed by atoms with Gasteiger partial charge >= 0.3 is 0 Å². The first-order valence-corrected chi connectivity index (χ1v) is 8.51. The van der Waals surface area contributed by atoms with E-state index in [9.17, 15) is 9.59 Å². The van der Waals surface area contributed by atoms with Crippen molar-refractivity contribution in [2.24, 2.45) is 11.7 Å². The van der Waals surface area contributed by atoms with Crippen molar-refractivity contribution in [2.75, 3.05) is 0 Å². The van der Waals surface area contributed by atoms with Crippen molar-refractivity contribution in [3.63, 3.8) is 0 Å². The number of aromatic nitrogens is 1. The molecule has 0 aliphatic heterocycles. The minimum atomic E-state index is -0.634. The minimum absolute atomic E-state index is 0.278. The van der Waals surface area contributed by atoms with Crippen LogP contribution in [0.3, 0.4) is 0 Å². The van der Waals surface area contributed by atoms with Gasteiger partial charge in [0.25, 0.3) is 5.91 Å². The summed E-state index contributed by atoms with van der Waals surface area (Å²) in [4.78, 5) is 29.4. The van der Waals surface area contributed by atoms with Crippen LogP contribution in [0.4, 0.5) is 0 Å². The van der Waals surface area contributed by atoms with Gasteiger partial charge in [0.05, 0.1) is 16.6 Å². The van der Waals surface area contributed by atoms with Crippen LogP contribution in [-0.2, 0) is 4.79 Å². The van der Waals surface area contributed by atoms with Gasteiger partial charge in [-0.2, -0.15) is 0 Å². The van der Waals surface area contributed by atoms with E-state index >= 15 is 0 Å². The Morgan fingerprint density at radius 1 is 1.04 bits per heavy atom. The van der Waals surface area contributed by atoms with Crippen molar-refractivity contribution in [1.29, 1.82) is 0 Å². The molecule has 1 aliphatic carbocycles. The van der Waals surface area contributed by atoms with Crippen LogP contribution in [0, 0.1) is 5.92 Å². The molecule has 1 aromatic heterocycles. The molecular weight excluding hydrogens is 314 g/mol. The molecule has 5 heteroatoms. The minimum Gasteiger partial charge on any atom is -0.368 e. The van der Waals surface area contributed by atoms with Crippen LogP contribution in [0.5, 0.6) is 0 Å². The molecule has 25 heavy (non-hydrogen) atoms. The molecule has 126 valence electrons. The highest BCUT2D eigenvalue weighted by Crippen LogP contribution is 2.33. The Hall–Kier alpha value is -2.95. The zero-order valence-electron chi connectivity index (χ0n) is 13.7. The average molecular weight is 333 g/mol. The molecule has 0 saturated heterocycles. The molecule has 1 aliphatic rings. The number of carbonyl (C=O) groups is 2. The van der Waals surface area contributed by atoms with Gasteiger partial charge in [0.15, 0.2) is 0 Å². The number of hydrogen-bond donors (Lipinski definition) is 2. The zero-order valence-corrected chi connectivity index (χ0v) is 13.7. The molecule has 5 nitrogen and oxygen atoms in total. The Kier molecular flexibility index (Phi) is 3.84. The number of amides is 2. The smallest absolute Gasteiger partial charge is 0.253 e. The van der Waals surface area contributed by atoms with Crippen LogP contribution in [0.2, 0.25) is 0 Å². The van der Waals surface area contributed by atoms with Gasteiger partial charge in [0.1, 0.15) is 6.04 Å². The number of carbonyl (C=O) groups excluding carboxylic acids is 2. The largest absolute Gasteiger partial charge is 0.368 e. The van der Waals surface area contributed by atoms with E-state index in [1.807, 2.05) is 48.5 Å². The maximum absolute atomic E-state index is 13.0. The van der Waals surface area contributed by atoms with Crippen molar-refractivity contribution in [2.45, 2.75) is 25.3 Å². The summed E-state index contributed by atoms with van der Waals surface area (Å²) in [6, 6.07) is 14.4. The second kappa shape index (κ2) is 6.16. The molecule has 2 amide bonds. The van der Waals surface area contributed by atoms with Crippen molar-refractivity contribution >= 4 is 33.6 Å². The van der Waals surface area contributed by atoms with Crippen molar-refractivity contribution < 1.29 is 9.59 Å². The van der Waals surface area contributed by atoms with Crippen LogP contribution in [0.1, 0.15) is 29.6 Å². The predicted octanol–water partition coefficient (Wildman–Crippen LogP) is 2.77. The molecule has 0 spiro atoms. The van der Waals surface area contributed by atoms with Gasteiger partial charge in [-0.1, -0.05) is 49.2 Å². The van der Waals surface area contributed by atoms with Gasteiger partial charge in [-0.05, 0) is 24.5 Å². The quantitative estimate of drug-likeness (QED) is 0.704. The third-order valence-electron chi connectivity index (χ3n) is 4.73. The lowest BCUT2D eigenvalue weighted by atomic mass is 10.0. The van der Waals surface area contributed by atoms with Gasteiger partial charge in [-0.25, -0.2) is 4.98 Å². The van der Waals surface area contributed by atoms with Crippen molar-refractivity contribution in [3.8, 4) is 0 Å². The van der Waals surface area contributed by atoms with E-state index in [2.05, 4.69) is 10.3 Å². The lowest BCUT2D eigenvalue weighted by molar-refractivity contribution is -0.120. The van der Waals surface area contributed by atoms with Gasteiger partial charge in [0.2, 0.25) is 5.91 Å². The number of nitrogens with zero attached hydrogens (tertiary/aromatic N) is 1. The van der Waals surface area contributed by atoms with E-state index in [4.69, 9.17) is 5.73 Å². The first-order chi connectivity index (χ1) is 12.1. The Labute approximate surface area is 145 Å². The van der Waals surface area contributed by atoms with Crippen molar-refractivity contribution in [1.82, 2.24) is 10.3 Å². The van der Waals surface area contributed by atoms with E-state index in [1.165, 1.54) is 0 Å². The van der Waals surface area contributed by atoms with Gasteiger partial charge in [0, 0.05) is 10.8 Å². The number of nitrogens with two attached hydrogens (primary N) is 1. The molecule has 3 N–H and O–H groups in total. The summed E-state index contributed by atoms with van der Waals surface area (Å²) >= 11 is 0. The van der Waals surface area contributed by atoms with E-state index < -0.39 is 11.9 Å². The summed E-state index contributed by atoms with van der Waals surface area (Å²) in [5, 5.41) is 4.39. The molecule has 1 atom stereocenters. The highest BCUT2D eigenvalue weighted by molar-refractivity contribution is 6.16. The number of rotatable bonds is 5. The fraction of sp³-hybridized carbons (Fsp3) is 0.250. The van der Waals surface area contributed by atoms with E-state index in [-0.39, 0.29) is 5.91 Å². The Bertz CT molecular complexity index is 925. The average Bonchev–Trinajstić information content (AvgIpc) is 3.42. The SMILES string of the molecule is NC(=O)[C@H](CC1CC1)NC(=O)c1c2ccccc2nc2ccccc12. The number of nitrogens with one attached hydrogen (secondary N) is 1. The number of pyridine rings is 1. The first-order valence-electron chi connectivity index (χ1n) is 8.51. The lowest BCUT2D eigenvalue weighted by Crippen LogP contribution is -2.44. The first kappa shape index (κ1) is 15.6. The Morgan fingerprint density at radius 2 is 1.60 bits per heavy atom. The number of benzene rings is 2. The number of fused-ring (bicyclic) bond motifs is 2. The third-order valence-corrected chi connectivity index (χ3v) is 4.73. The summed E-state index contributed by atoms with van der Waals surface area (Å²) in [6.45, 7) is 0. The maximum Gasteiger partial charge on any atom is 0.253 e. The highest BCUT2D eigenvalue weighted by Gasteiger charge is 2.30. The van der Waals surface area contributed by atoms with Gasteiger partial charge < -0.3 is 11.1 Å². The Morgan fingerprint density at radius 3 is 2.12 bits per heavy atom. The van der Waals surface area contributed by atoms with Crippen molar-refractivity contribution in [3.05, 3.63) is 54.1 Å². The highest BCUT2D eigenvalue weighted by atomic mass is 16.2. The third kappa shape index (κ3) is 3.05. The normalized spacial score (nSPS) is 15.2. The maximum atomic E-state index is 13.0. The number of hydrogen-bond acceptors (Lipinski definition) is 3. The molecule has 4 rings (SSSR count). The Balaban J connectivity index is 1.79. The van der Waals surface area contributed by atoms with E-state index in [1.54, 1.807) is 0 Å². The second-order valence-electron chi connectivity index (χ2n) is 6.63. The summed E-state index contributed by atoms with van der Waals surface area (Å²) in [5.41, 5.74) is 7.55. The topological polar surface area (TPSA) is 85.1 Å². The standard InChI is InChI=1S/C20H19N3O2/c21-19(24)17(11-12-9-10-12)23-20(25)18-13-5-1-3-7-15(13)22-16-8-4-2-6-14(16)18/h1-8,12,17H,9-11H2,(H2,21,24)(H,23,25)/t17-/m0/s1. The fourth-order valence-electron chi connectivity index (χ4n) is 3.25. The molecule has 1 saturated carbocycles. The summed E-state index contributed by atoms with van der Waals surface area (Å²) < 4.78 is 0. The fourth-order valence-corrected chi connectivity index (χ4v) is 3.25. The monoisotopic (exact) mass is 333 g/mol. The second-order valence-corrected chi connectivity index (χ2v) is 6.63. The molecule has 3 aromatic rings. The molecular formula is C20H19N3O2. The number of primary amides is 1.